The van der Waals surface area contributed by atoms with Crippen LogP contribution in [0.5, 0.6) is 0 Å². The van der Waals surface area contributed by atoms with Gasteiger partial charge in [-0.15, -0.1) is 0 Å². The van der Waals surface area contributed by atoms with Gasteiger partial charge in [-0.05, 0) is 44.7 Å². The molecule has 1 amide bonds. The van der Waals surface area contributed by atoms with Crippen molar-refractivity contribution in [3.05, 3.63) is 23.7 Å². The van der Waals surface area contributed by atoms with E-state index in [1.54, 1.807) is 0 Å². The van der Waals surface area contributed by atoms with Crippen LogP contribution in [0.1, 0.15) is 49.7 Å². The third-order valence-electron chi connectivity index (χ3n) is 4.78. The third kappa shape index (κ3) is 3.29. The van der Waals surface area contributed by atoms with Crippen LogP contribution >= 0.6 is 0 Å². The Morgan fingerprint density at radius 2 is 2.09 bits per heavy atom. The number of primary amides is 1. The minimum absolute atomic E-state index is 0.283. The van der Waals surface area contributed by atoms with Crippen LogP contribution in [0.25, 0.3) is 0 Å². The number of nitrogens with zero attached hydrogens (tertiary/aromatic N) is 1. The molecule has 7 nitrogen and oxygen atoms in total. The van der Waals surface area contributed by atoms with Gasteiger partial charge < -0.3 is 10.2 Å². The minimum atomic E-state index is -3.68. The highest BCUT2D eigenvalue weighted by atomic mass is 32.2. The molecule has 0 bridgehead atoms. The number of carbonyl (C=O) groups excluding carboxylic acids is 1. The summed E-state index contributed by atoms with van der Waals surface area (Å²) < 4.78 is 35.3. The average Bonchev–Trinajstić information content (AvgIpc) is 3.16. The Balaban J connectivity index is 1.77. The maximum atomic E-state index is 12.8. The van der Waals surface area contributed by atoms with Crippen molar-refractivity contribution in [2.45, 2.75) is 51.1 Å². The summed E-state index contributed by atoms with van der Waals surface area (Å²) in [5.74, 6) is 0.580. The molecule has 128 valence electrons. The standard InChI is InChI=1S/C15H23N3O4S/c1-10-7-8-14(22-10)13-6-3-9-18(13)23(20,21)17-12-5-2-4-11(12)15(16)19/h7-8,11-13,17H,2-6,9H2,1H3,(H2,16,19). The molecule has 0 aromatic carbocycles. The molecule has 1 aromatic heterocycles. The van der Waals surface area contributed by atoms with E-state index in [1.165, 1.54) is 4.31 Å². The Hall–Kier alpha value is -1.38. The summed E-state index contributed by atoms with van der Waals surface area (Å²) in [7, 11) is -3.68. The highest BCUT2D eigenvalue weighted by Gasteiger charge is 2.41. The van der Waals surface area contributed by atoms with E-state index in [-0.39, 0.29) is 6.04 Å². The molecule has 1 aliphatic heterocycles. The molecule has 1 saturated heterocycles. The second-order valence-electron chi connectivity index (χ2n) is 6.39. The summed E-state index contributed by atoms with van der Waals surface area (Å²) in [6.07, 6.45) is 3.61. The normalized spacial score (nSPS) is 29.2. The monoisotopic (exact) mass is 341 g/mol. The first-order valence-electron chi connectivity index (χ1n) is 8.03. The summed E-state index contributed by atoms with van der Waals surface area (Å²) in [5, 5.41) is 0. The van der Waals surface area contributed by atoms with Crippen LogP contribution < -0.4 is 10.5 Å². The topological polar surface area (TPSA) is 106 Å². The molecule has 3 rings (SSSR count). The predicted molar refractivity (Wildman–Crippen MR) is 84.5 cm³/mol. The lowest BCUT2D eigenvalue weighted by Gasteiger charge is -2.26. The molecule has 1 saturated carbocycles. The van der Waals surface area contributed by atoms with Gasteiger partial charge in [-0.1, -0.05) is 6.42 Å². The maximum Gasteiger partial charge on any atom is 0.280 e. The fourth-order valence-corrected chi connectivity index (χ4v) is 5.36. The second-order valence-corrected chi connectivity index (χ2v) is 8.04. The van der Waals surface area contributed by atoms with Gasteiger partial charge >= 0.3 is 0 Å². The van der Waals surface area contributed by atoms with Gasteiger partial charge in [0.05, 0.1) is 12.0 Å². The van der Waals surface area contributed by atoms with Crippen LogP contribution in [0.2, 0.25) is 0 Å². The van der Waals surface area contributed by atoms with Crippen molar-refractivity contribution in [3.63, 3.8) is 0 Å². The first kappa shape index (κ1) is 16.5. The summed E-state index contributed by atoms with van der Waals surface area (Å²) >= 11 is 0. The highest BCUT2D eigenvalue weighted by molar-refractivity contribution is 7.87. The van der Waals surface area contributed by atoms with E-state index >= 15 is 0 Å². The summed E-state index contributed by atoms with van der Waals surface area (Å²) in [5.41, 5.74) is 5.38. The summed E-state index contributed by atoms with van der Waals surface area (Å²) in [6, 6.07) is 2.98. The van der Waals surface area contributed by atoms with E-state index in [1.807, 2.05) is 19.1 Å². The van der Waals surface area contributed by atoms with E-state index in [4.69, 9.17) is 10.2 Å². The van der Waals surface area contributed by atoms with Crippen LogP contribution in [0.15, 0.2) is 16.5 Å². The lowest BCUT2D eigenvalue weighted by molar-refractivity contribution is -0.122. The van der Waals surface area contributed by atoms with Crippen LogP contribution in [0.3, 0.4) is 0 Å². The molecular weight excluding hydrogens is 318 g/mol. The highest BCUT2D eigenvalue weighted by Crippen LogP contribution is 2.35. The number of furan rings is 1. The van der Waals surface area contributed by atoms with Crippen molar-refractivity contribution in [1.82, 2.24) is 9.03 Å². The van der Waals surface area contributed by atoms with Crippen molar-refractivity contribution >= 4 is 16.1 Å². The molecule has 2 heterocycles. The zero-order valence-corrected chi connectivity index (χ0v) is 14.0. The minimum Gasteiger partial charge on any atom is -0.465 e. The first-order valence-corrected chi connectivity index (χ1v) is 9.47. The number of nitrogens with two attached hydrogens (primary N) is 1. The largest absolute Gasteiger partial charge is 0.465 e. The van der Waals surface area contributed by atoms with Crippen molar-refractivity contribution in [1.29, 1.82) is 0 Å². The molecule has 3 N–H and O–H groups in total. The molecule has 8 heteroatoms. The van der Waals surface area contributed by atoms with Crippen LogP contribution in [0.4, 0.5) is 0 Å². The van der Waals surface area contributed by atoms with Crippen molar-refractivity contribution in [2.75, 3.05) is 6.54 Å². The Bertz CT molecular complexity index is 685. The molecule has 3 unspecified atom stereocenters. The van der Waals surface area contributed by atoms with E-state index in [9.17, 15) is 13.2 Å². The lowest BCUT2D eigenvalue weighted by Crippen LogP contribution is -2.48. The number of amides is 1. The van der Waals surface area contributed by atoms with Crippen molar-refractivity contribution in [3.8, 4) is 0 Å². The fourth-order valence-electron chi connectivity index (χ4n) is 3.65. The molecular formula is C15H23N3O4S. The molecule has 2 fully saturated rings. The smallest absolute Gasteiger partial charge is 0.280 e. The summed E-state index contributed by atoms with van der Waals surface area (Å²) in [4.78, 5) is 11.5. The predicted octanol–water partition coefficient (Wildman–Crippen LogP) is 1.21. The lowest BCUT2D eigenvalue weighted by atomic mass is 10.0. The van der Waals surface area contributed by atoms with E-state index < -0.39 is 28.1 Å². The molecule has 2 aliphatic rings. The molecule has 3 atom stereocenters. The van der Waals surface area contributed by atoms with Gasteiger partial charge in [0.2, 0.25) is 5.91 Å². The van der Waals surface area contributed by atoms with Gasteiger partial charge in [0.1, 0.15) is 11.5 Å². The Kier molecular flexibility index (Phi) is 4.48. The number of hydrogen-bond donors (Lipinski definition) is 2. The third-order valence-corrected chi connectivity index (χ3v) is 6.44. The summed E-state index contributed by atoms with van der Waals surface area (Å²) in [6.45, 7) is 2.29. The van der Waals surface area contributed by atoms with Gasteiger partial charge in [-0.3, -0.25) is 4.79 Å². The number of aryl methyl sites for hydroxylation is 1. The van der Waals surface area contributed by atoms with Crippen molar-refractivity contribution < 1.29 is 17.6 Å². The zero-order valence-electron chi connectivity index (χ0n) is 13.2. The molecule has 0 radical (unpaired) electrons. The van der Waals surface area contributed by atoms with Crippen LogP contribution in [0, 0.1) is 12.8 Å². The first-order chi connectivity index (χ1) is 10.9. The molecule has 0 spiro atoms. The Morgan fingerprint density at radius 3 is 2.74 bits per heavy atom. The maximum absolute atomic E-state index is 12.8. The second kappa shape index (κ2) is 6.26. The van der Waals surface area contributed by atoms with Crippen LogP contribution in [-0.2, 0) is 15.0 Å². The molecule has 1 aliphatic carbocycles. The number of hydrogen-bond acceptors (Lipinski definition) is 4. The van der Waals surface area contributed by atoms with Gasteiger partial charge in [-0.25, -0.2) is 0 Å². The van der Waals surface area contributed by atoms with E-state index in [0.717, 1.165) is 25.0 Å². The quantitative estimate of drug-likeness (QED) is 0.839. The number of nitrogens with one attached hydrogen (secondary N) is 1. The Morgan fingerprint density at radius 1 is 1.30 bits per heavy atom. The fraction of sp³-hybridized carbons (Fsp3) is 0.667. The van der Waals surface area contributed by atoms with Crippen LogP contribution in [-0.4, -0.2) is 31.2 Å². The Labute approximate surface area is 136 Å². The van der Waals surface area contributed by atoms with E-state index in [0.29, 0.717) is 25.1 Å². The van der Waals surface area contributed by atoms with Gasteiger partial charge in [0.15, 0.2) is 0 Å². The number of carbonyl (C=O) groups is 1. The number of rotatable bonds is 5. The van der Waals surface area contributed by atoms with Crippen molar-refractivity contribution in [2.24, 2.45) is 11.7 Å². The van der Waals surface area contributed by atoms with Gasteiger partial charge in [-0.2, -0.15) is 17.4 Å². The molecule has 1 aromatic rings. The van der Waals surface area contributed by atoms with Gasteiger partial charge in [0, 0.05) is 12.6 Å². The zero-order chi connectivity index (χ0) is 16.6. The SMILES string of the molecule is Cc1ccc(C2CCCN2S(=O)(=O)NC2CCCC2C(N)=O)o1. The average molecular weight is 341 g/mol. The van der Waals surface area contributed by atoms with E-state index in [2.05, 4.69) is 4.72 Å². The van der Waals surface area contributed by atoms with Gasteiger partial charge in [0.25, 0.3) is 10.2 Å². The molecule has 23 heavy (non-hydrogen) atoms.